The summed E-state index contributed by atoms with van der Waals surface area (Å²) in [6.45, 7) is 4.13. The molecule has 1 aromatic carbocycles. The third kappa shape index (κ3) is 4.05. The molecule has 0 saturated carbocycles. The van der Waals surface area contributed by atoms with Crippen LogP contribution in [0.3, 0.4) is 0 Å². The van der Waals surface area contributed by atoms with E-state index in [2.05, 4.69) is 27.8 Å². The van der Waals surface area contributed by atoms with Gasteiger partial charge >= 0.3 is 0 Å². The van der Waals surface area contributed by atoms with Gasteiger partial charge in [0.1, 0.15) is 11.5 Å². The van der Waals surface area contributed by atoms with Crippen molar-refractivity contribution in [1.82, 2.24) is 4.98 Å². The van der Waals surface area contributed by atoms with Gasteiger partial charge in [0.25, 0.3) is 0 Å². The molecule has 2 rings (SSSR count). The van der Waals surface area contributed by atoms with Gasteiger partial charge in [0.05, 0.1) is 10.7 Å². The highest BCUT2D eigenvalue weighted by molar-refractivity contribution is 9.10. The number of benzene rings is 1. The minimum atomic E-state index is 0.165. The van der Waals surface area contributed by atoms with Crippen LogP contribution < -0.4 is 10.5 Å². The van der Waals surface area contributed by atoms with Crippen molar-refractivity contribution in [2.24, 2.45) is 5.73 Å². The first-order valence-electron chi connectivity index (χ1n) is 6.72. The summed E-state index contributed by atoms with van der Waals surface area (Å²) in [6, 6.07) is 8.15. The van der Waals surface area contributed by atoms with Crippen molar-refractivity contribution in [2.45, 2.75) is 32.7 Å². The van der Waals surface area contributed by atoms with E-state index < -0.39 is 0 Å². The smallest absolute Gasteiger partial charge is 0.146 e. The molecule has 4 heteroatoms. The first-order chi connectivity index (χ1) is 9.58. The molecule has 0 aliphatic carbocycles. The van der Waals surface area contributed by atoms with Gasteiger partial charge in [-0.15, -0.1) is 0 Å². The lowest BCUT2D eigenvalue weighted by Gasteiger charge is -2.11. The van der Waals surface area contributed by atoms with E-state index >= 15 is 0 Å². The van der Waals surface area contributed by atoms with Crippen LogP contribution in [0.1, 0.15) is 24.5 Å². The lowest BCUT2D eigenvalue weighted by Crippen LogP contribution is -2.21. The largest absolute Gasteiger partial charge is 0.455 e. The van der Waals surface area contributed by atoms with Gasteiger partial charge in [-0.2, -0.15) is 0 Å². The van der Waals surface area contributed by atoms with Gasteiger partial charge in [0, 0.05) is 12.2 Å². The molecular weight excluding hydrogens is 316 g/mol. The predicted octanol–water partition coefficient (Wildman–Crippen LogP) is 4.22. The van der Waals surface area contributed by atoms with E-state index in [1.807, 2.05) is 37.4 Å². The molecule has 20 heavy (non-hydrogen) atoms. The van der Waals surface area contributed by atoms with Gasteiger partial charge < -0.3 is 10.5 Å². The highest BCUT2D eigenvalue weighted by Gasteiger charge is 2.06. The molecule has 0 radical (unpaired) electrons. The second kappa shape index (κ2) is 6.86. The molecule has 1 atom stereocenters. The van der Waals surface area contributed by atoms with Crippen LogP contribution in [0.15, 0.2) is 41.1 Å². The third-order valence-corrected chi connectivity index (χ3v) is 3.73. The van der Waals surface area contributed by atoms with Crippen molar-refractivity contribution in [3.05, 3.63) is 52.3 Å². The maximum Gasteiger partial charge on any atom is 0.146 e. The Morgan fingerprint density at radius 1 is 1.30 bits per heavy atom. The highest BCUT2D eigenvalue weighted by Crippen LogP contribution is 2.30. The van der Waals surface area contributed by atoms with Crippen LogP contribution in [0.4, 0.5) is 0 Å². The first-order valence-corrected chi connectivity index (χ1v) is 7.51. The Bertz CT molecular complexity index is 586. The van der Waals surface area contributed by atoms with Crippen LogP contribution in [0.5, 0.6) is 11.5 Å². The van der Waals surface area contributed by atoms with Crippen molar-refractivity contribution >= 4 is 15.9 Å². The number of hydrogen-bond donors (Lipinski definition) is 1. The lowest BCUT2D eigenvalue weighted by molar-refractivity contribution is 0.475. The Labute approximate surface area is 128 Å². The van der Waals surface area contributed by atoms with E-state index in [1.54, 1.807) is 6.20 Å². The van der Waals surface area contributed by atoms with Crippen LogP contribution in [-0.2, 0) is 6.42 Å². The molecule has 1 aromatic heterocycles. The monoisotopic (exact) mass is 334 g/mol. The maximum atomic E-state index is 5.97. The van der Waals surface area contributed by atoms with Gasteiger partial charge in [-0.05, 0) is 65.0 Å². The fourth-order valence-electron chi connectivity index (χ4n) is 1.89. The normalized spacial score (nSPS) is 12.2. The van der Waals surface area contributed by atoms with E-state index in [0.717, 1.165) is 34.4 Å². The number of aromatic nitrogens is 1. The summed E-state index contributed by atoms with van der Waals surface area (Å²) >= 11 is 3.51. The van der Waals surface area contributed by atoms with E-state index in [0.29, 0.717) is 0 Å². The van der Waals surface area contributed by atoms with Crippen LogP contribution in [0.25, 0.3) is 0 Å². The molecule has 0 aliphatic rings. The number of aryl methyl sites for hydroxylation is 1. The fraction of sp³-hybridized carbons (Fsp3) is 0.312. The summed E-state index contributed by atoms with van der Waals surface area (Å²) < 4.78 is 6.81. The number of nitrogens with two attached hydrogens (primary N) is 1. The summed E-state index contributed by atoms with van der Waals surface area (Å²) in [4.78, 5) is 4.22. The summed E-state index contributed by atoms with van der Waals surface area (Å²) in [6.07, 6.45) is 5.32. The zero-order chi connectivity index (χ0) is 14.5. The standard InChI is InChI=1S/C16H19BrN2O/c1-3-13(18)7-12-8-14(10-19-9-12)20-16-5-4-11(2)6-15(16)17/h4-6,8-10,13H,3,7,18H2,1-2H3. The molecule has 3 nitrogen and oxygen atoms in total. The molecule has 106 valence electrons. The molecule has 0 fully saturated rings. The second-order valence-electron chi connectivity index (χ2n) is 4.94. The lowest BCUT2D eigenvalue weighted by atomic mass is 10.1. The van der Waals surface area contributed by atoms with Crippen LogP contribution in [0, 0.1) is 6.92 Å². The topological polar surface area (TPSA) is 48.1 Å². The van der Waals surface area contributed by atoms with Gasteiger partial charge in [0.15, 0.2) is 0 Å². The van der Waals surface area contributed by atoms with Crippen molar-refractivity contribution < 1.29 is 4.74 Å². The molecule has 2 aromatic rings. The Morgan fingerprint density at radius 3 is 2.80 bits per heavy atom. The molecule has 0 amide bonds. The number of pyridine rings is 1. The molecule has 1 heterocycles. The molecule has 0 aliphatic heterocycles. The minimum Gasteiger partial charge on any atom is -0.455 e. The summed E-state index contributed by atoms with van der Waals surface area (Å²) in [5.41, 5.74) is 8.25. The number of halogens is 1. The highest BCUT2D eigenvalue weighted by atomic mass is 79.9. The maximum absolute atomic E-state index is 5.97. The Morgan fingerprint density at radius 2 is 2.10 bits per heavy atom. The molecule has 0 bridgehead atoms. The average molecular weight is 335 g/mol. The third-order valence-electron chi connectivity index (χ3n) is 3.11. The zero-order valence-electron chi connectivity index (χ0n) is 11.8. The number of rotatable bonds is 5. The van der Waals surface area contributed by atoms with E-state index in [1.165, 1.54) is 5.56 Å². The molecular formula is C16H19BrN2O. The Hall–Kier alpha value is -1.39. The van der Waals surface area contributed by atoms with Crippen LogP contribution in [-0.4, -0.2) is 11.0 Å². The Balaban J connectivity index is 2.15. The van der Waals surface area contributed by atoms with E-state index in [-0.39, 0.29) is 6.04 Å². The van der Waals surface area contributed by atoms with Gasteiger partial charge in [-0.3, -0.25) is 4.98 Å². The quantitative estimate of drug-likeness (QED) is 0.890. The van der Waals surface area contributed by atoms with Gasteiger partial charge in [-0.1, -0.05) is 13.0 Å². The van der Waals surface area contributed by atoms with Gasteiger partial charge in [0.2, 0.25) is 0 Å². The van der Waals surface area contributed by atoms with E-state index in [4.69, 9.17) is 10.5 Å². The summed E-state index contributed by atoms with van der Waals surface area (Å²) in [5.74, 6) is 1.52. The van der Waals surface area contributed by atoms with Crippen molar-refractivity contribution in [1.29, 1.82) is 0 Å². The van der Waals surface area contributed by atoms with Crippen molar-refractivity contribution in [3.63, 3.8) is 0 Å². The fourth-order valence-corrected chi connectivity index (χ4v) is 2.47. The van der Waals surface area contributed by atoms with Crippen molar-refractivity contribution in [3.8, 4) is 11.5 Å². The minimum absolute atomic E-state index is 0.165. The van der Waals surface area contributed by atoms with Crippen molar-refractivity contribution in [2.75, 3.05) is 0 Å². The Kier molecular flexibility index (Phi) is 5.15. The molecule has 2 N–H and O–H groups in total. The number of hydrogen-bond acceptors (Lipinski definition) is 3. The molecule has 0 spiro atoms. The average Bonchev–Trinajstić information content (AvgIpc) is 2.42. The molecule has 0 saturated heterocycles. The first kappa shape index (κ1) is 15.0. The number of ether oxygens (including phenoxy) is 1. The van der Waals surface area contributed by atoms with Crippen LogP contribution >= 0.6 is 15.9 Å². The van der Waals surface area contributed by atoms with E-state index in [9.17, 15) is 0 Å². The SMILES string of the molecule is CCC(N)Cc1cncc(Oc2ccc(C)cc2Br)c1. The summed E-state index contributed by atoms with van der Waals surface area (Å²) in [5, 5.41) is 0. The summed E-state index contributed by atoms with van der Waals surface area (Å²) in [7, 11) is 0. The molecule has 1 unspecified atom stereocenters. The number of nitrogens with zero attached hydrogens (tertiary/aromatic N) is 1. The van der Waals surface area contributed by atoms with Gasteiger partial charge in [-0.25, -0.2) is 0 Å². The predicted molar refractivity (Wildman–Crippen MR) is 85.2 cm³/mol. The zero-order valence-corrected chi connectivity index (χ0v) is 13.4. The van der Waals surface area contributed by atoms with Crippen LogP contribution in [0.2, 0.25) is 0 Å². The second-order valence-corrected chi connectivity index (χ2v) is 5.79.